The molecule has 34 heavy (non-hydrogen) atoms. The van der Waals surface area contributed by atoms with Crippen LogP contribution < -0.4 is 14.8 Å². The van der Waals surface area contributed by atoms with E-state index < -0.39 is 11.6 Å². The van der Waals surface area contributed by atoms with Gasteiger partial charge in [-0.05, 0) is 48.0 Å². The van der Waals surface area contributed by atoms with Gasteiger partial charge in [0.2, 0.25) is 0 Å². The van der Waals surface area contributed by atoms with Gasteiger partial charge in [-0.3, -0.25) is 4.79 Å². The summed E-state index contributed by atoms with van der Waals surface area (Å²) in [5, 5.41) is 4.94. The molecule has 0 aliphatic carbocycles. The maximum absolute atomic E-state index is 13.9. The second kappa shape index (κ2) is 10.4. The Bertz CT molecular complexity index is 1330. The number of rotatable bonds is 8. The van der Waals surface area contributed by atoms with Crippen LogP contribution in [0.25, 0.3) is 10.6 Å². The molecule has 9 heteroatoms. The summed E-state index contributed by atoms with van der Waals surface area (Å²) >= 11 is 1.28. The first-order valence-corrected chi connectivity index (χ1v) is 11.0. The standard InChI is InChI=1S/C25H19F3N2O3S/c1-32-23-10-16(6-8-22(23)33-13-17-5-7-19(27)11-20(17)28)25-30-21(14-34-25)24(31)29-12-15-3-2-4-18(26)9-15/h2-11,14H,12-13H2,1H3,(H,29,31). The minimum atomic E-state index is -0.693. The lowest BCUT2D eigenvalue weighted by Gasteiger charge is -2.12. The molecule has 0 aliphatic rings. The molecule has 3 aromatic carbocycles. The zero-order valence-electron chi connectivity index (χ0n) is 18.0. The number of benzene rings is 3. The van der Waals surface area contributed by atoms with Gasteiger partial charge in [-0.15, -0.1) is 11.3 Å². The number of halogens is 3. The molecule has 0 atom stereocenters. The van der Waals surface area contributed by atoms with Crippen LogP contribution in [0.4, 0.5) is 13.2 Å². The van der Waals surface area contributed by atoms with Crippen LogP contribution in [0.1, 0.15) is 21.6 Å². The van der Waals surface area contributed by atoms with Crippen LogP contribution in [-0.2, 0) is 13.2 Å². The Morgan fingerprint density at radius 3 is 2.59 bits per heavy atom. The Morgan fingerprint density at radius 1 is 1.00 bits per heavy atom. The number of carbonyl (C=O) groups excluding carboxylic acids is 1. The zero-order valence-corrected chi connectivity index (χ0v) is 18.8. The number of nitrogens with one attached hydrogen (secondary N) is 1. The number of hydrogen-bond acceptors (Lipinski definition) is 5. The topological polar surface area (TPSA) is 60.5 Å². The van der Waals surface area contributed by atoms with Crippen molar-refractivity contribution in [2.45, 2.75) is 13.2 Å². The van der Waals surface area contributed by atoms with Crippen LogP contribution in [0.15, 0.2) is 66.0 Å². The van der Waals surface area contributed by atoms with Crippen molar-refractivity contribution >= 4 is 17.2 Å². The van der Waals surface area contributed by atoms with E-state index in [1.807, 2.05) is 0 Å². The summed E-state index contributed by atoms with van der Waals surface area (Å²) < 4.78 is 51.3. The molecule has 0 aliphatic heterocycles. The molecule has 0 bridgehead atoms. The van der Waals surface area contributed by atoms with Crippen LogP contribution in [-0.4, -0.2) is 18.0 Å². The van der Waals surface area contributed by atoms with E-state index >= 15 is 0 Å². The number of carbonyl (C=O) groups is 1. The molecule has 174 valence electrons. The first-order valence-electron chi connectivity index (χ1n) is 10.2. The largest absolute Gasteiger partial charge is 0.493 e. The molecule has 0 spiro atoms. The van der Waals surface area contributed by atoms with E-state index in [1.54, 1.807) is 35.7 Å². The van der Waals surface area contributed by atoms with Gasteiger partial charge in [-0.1, -0.05) is 12.1 Å². The van der Waals surface area contributed by atoms with Crippen molar-refractivity contribution in [3.05, 3.63) is 100 Å². The lowest BCUT2D eigenvalue weighted by atomic mass is 10.2. The van der Waals surface area contributed by atoms with Crippen molar-refractivity contribution < 1.29 is 27.4 Å². The maximum atomic E-state index is 13.9. The second-order valence-electron chi connectivity index (χ2n) is 7.24. The van der Waals surface area contributed by atoms with E-state index in [0.717, 1.165) is 12.1 Å². The highest BCUT2D eigenvalue weighted by molar-refractivity contribution is 7.13. The predicted molar refractivity (Wildman–Crippen MR) is 122 cm³/mol. The predicted octanol–water partition coefficient (Wildman–Crippen LogP) is 5.75. The van der Waals surface area contributed by atoms with Crippen LogP contribution in [0.5, 0.6) is 11.5 Å². The summed E-state index contributed by atoms with van der Waals surface area (Å²) in [6.45, 7) is 0.0761. The highest BCUT2D eigenvalue weighted by atomic mass is 32.1. The van der Waals surface area contributed by atoms with Gasteiger partial charge in [0, 0.05) is 29.1 Å². The molecule has 4 aromatic rings. The summed E-state index contributed by atoms with van der Waals surface area (Å²) in [5.74, 6) is -1.32. The second-order valence-corrected chi connectivity index (χ2v) is 8.10. The summed E-state index contributed by atoms with van der Waals surface area (Å²) in [6, 6.07) is 14.4. The summed E-state index contributed by atoms with van der Waals surface area (Å²) in [5.41, 5.74) is 1.79. The molecule has 0 radical (unpaired) electrons. The number of amides is 1. The molecule has 1 N–H and O–H groups in total. The molecule has 4 rings (SSSR count). The third-order valence-electron chi connectivity index (χ3n) is 4.89. The minimum Gasteiger partial charge on any atom is -0.493 e. The highest BCUT2D eigenvalue weighted by Crippen LogP contribution is 2.34. The van der Waals surface area contributed by atoms with E-state index in [9.17, 15) is 18.0 Å². The van der Waals surface area contributed by atoms with Crippen LogP contribution >= 0.6 is 11.3 Å². The average molecular weight is 484 g/mol. The third-order valence-corrected chi connectivity index (χ3v) is 5.78. The van der Waals surface area contributed by atoms with Gasteiger partial charge in [0.25, 0.3) is 5.91 Å². The maximum Gasteiger partial charge on any atom is 0.271 e. The average Bonchev–Trinajstić information content (AvgIpc) is 3.32. The Hall–Kier alpha value is -3.85. The van der Waals surface area contributed by atoms with E-state index in [0.29, 0.717) is 27.6 Å². The van der Waals surface area contributed by atoms with Gasteiger partial charge in [0.1, 0.15) is 34.8 Å². The minimum absolute atomic E-state index is 0.102. The number of nitrogens with zero attached hydrogens (tertiary/aromatic N) is 1. The molecule has 1 heterocycles. The first kappa shape index (κ1) is 23.3. The molecule has 0 saturated heterocycles. The number of ether oxygens (including phenoxy) is 2. The molecule has 0 unspecified atom stereocenters. The normalized spacial score (nSPS) is 10.7. The lowest BCUT2D eigenvalue weighted by molar-refractivity contribution is 0.0946. The van der Waals surface area contributed by atoms with Crippen LogP contribution in [0, 0.1) is 17.5 Å². The third kappa shape index (κ3) is 5.55. The molecule has 1 aromatic heterocycles. The van der Waals surface area contributed by atoms with Crippen molar-refractivity contribution in [2.24, 2.45) is 0 Å². The number of aromatic nitrogens is 1. The quantitative estimate of drug-likeness (QED) is 0.346. The first-order chi connectivity index (χ1) is 16.4. The monoisotopic (exact) mass is 484 g/mol. The van der Waals surface area contributed by atoms with Crippen LogP contribution in [0.3, 0.4) is 0 Å². The van der Waals surface area contributed by atoms with Crippen molar-refractivity contribution in [3.63, 3.8) is 0 Å². The SMILES string of the molecule is COc1cc(-c2nc(C(=O)NCc3cccc(F)c3)cs2)ccc1OCc1ccc(F)cc1F. The molecule has 1 amide bonds. The highest BCUT2D eigenvalue weighted by Gasteiger charge is 2.15. The van der Waals surface area contributed by atoms with E-state index in [1.165, 1.54) is 36.6 Å². The summed E-state index contributed by atoms with van der Waals surface area (Å²) in [6.07, 6.45) is 0. The molecule has 5 nitrogen and oxygen atoms in total. The van der Waals surface area contributed by atoms with Gasteiger partial charge in [0.05, 0.1) is 7.11 Å². The summed E-state index contributed by atoms with van der Waals surface area (Å²) in [7, 11) is 1.47. The van der Waals surface area contributed by atoms with Gasteiger partial charge < -0.3 is 14.8 Å². The number of hydrogen-bond donors (Lipinski definition) is 1. The fourth-order valence-electron chi connectivity index (χ4n) is 3.14. The van der Waals surface area contributed by atoms with Crippen molar-refractivity contribution in [1.82, 2.24) is 10.3 Å². The smallest absolute Gasteiger partial charge is 0.271 e. The van der Waals surface area contributed by atoms with Gasteiger partial charge in [-0.2, -0.15) is 0 Å². The Balaban J connectivity index is 1.43. The zero-order chi connectivity index (χ0) is 24.1. The van der Waals surface area contributed by atoms with E-state index in [4.69, 9.17) is 9.47 Å². The molecular weight excluding hydrogens is 465 g/mol. The fraction of sp³-hybridized carbons (Fsp3) is 0.120. The van der Waals surface area contributed by atoms with Crippen molar-refractivity contribution in [1.29, 1.82) is 0 Å². The van der Waals surface area contributed by atoms with Gasteiger partial charge in [0.15, 0.2) is 11.5 Å². The number of thiazole rings is 1. The van der Waals surface area contributed by atoms with E-state index in [2.05, 4.69) is 10.3 Å². The van der Waals surface area contributed by atoms with Gasteiger partial charge >= 0.3 is 0 Å². The van der Waals surface area contributed by atoms with Gasteiger partial charge in [-0.25, -0.2) is 18.2 Å². The fourth-order valence-corrected chi connectivity index (χ4v) is 3.94. The Labute approximate surface area is 197 Å². The van der Waals surface area contributed by atoms with Crippen molar-refractivity contribution in [3.8, 4) is 22.1 Å². The van der Waals surface area contributed by atoms with Crippen molar-refractivity contribution in [2.75, 3.05) is 7.11 Å². The summed E-state index contributed by atoms with van der Waals surface area (Å²) in [4.78, 5) is 16.8. The molecule has 0 fully saturated rings. The van der Waals surface area contributed by atoms with Crippen LogP contribution in [0.2, 0.25) is 0 Å². The lowest BCUT2D eigenvalue weighted by Crippen LogP contribution is -2.23. The number of methoxy groups -OCH3 is 1. The Morgan fingerprint density at radius 2 is 1.82 bits per heavy atom. The molecule has 0 saturated carbocycles. The van der Waals surface area contributed by atoms with E-state index in [-0.39, 0.29) is 36.1 Å². The Kier molecular flexibility index (Phi) is 7.12. The molecular formula is C25H19F3N2O3S.